The number of hydrogen-bond acceptors (Lipinski definition) is 4. The first-order valence-electron chi connectivity index (χ1n) is 8.39. The Kier molecular flexibility index (Phi) is 6.37. The van der Waals surface area contributed by atoms with Crippen LogP contribution in [0.15, 0.2) is 18.2 Å². The number of nitrogens with one attached hydrogen (secondary N) is 2. The van der Waals surface area contributed by atoms with Gasteiger partial charge in [-0.3, -0.25) is 19.2 Å². The molecule has 2 N–H and O–H groups in total. The van der Waals surface area contributed by atoms with Crippen molar-refractivity contribution in [1.82, 2.24) is 10.2 Å². The number of carbonyl (C=O) groups excluding carboxylic acids is 4. The van der Waals surface area contributed by atoms with Crippen molar-refractivity contribution in [1.29, 1.82) is 0 Å². The molecule has 0 aromatic heterocycles. The summed E-state index contributed by atoms with van der Waals surface area (Å²) in [6.07, 6.45) is 1.43. The Labute approximate surface area is 157 Å². The predicted molar refractivity (Wildman–Crippen MR) is 98.1 cm³/mol. The van der Waals surface area contributed by atoms with Crippen LogP contribution in [0, 0.1) is 0 Å². The average molecular weight is 380 g/mol. The van der Waals surface area contributed by atoms with Crippen LogP contribution in [-0.4, -0.2) is 47.0 Å². The molecule has 7 nitrogen and oxygen atoms in total. The predicted octanol–water partition coefficient (Wildman–Crippen LogP) is 2.00. The topological polar surface area (TPSA) is 95.6 Å². The molecule has 1 aliphatic heterocycles. The number of benzene rings is 1. The maximum Gasteiger partial charge on any atom is 0.251 e. The maximum absolute atomic E-state index is 12.6. The summed E-state index contributed by atoms with van der Waals surface area (Å²) in [5, 5.41) is 5.41. The summed E-state index contributed by atoms with van der Waals surface area (Å²) in [7, 11) is 0. The van der Waals surface area contributed by atoms with Crippen molar-refractivity contribution >= 4 is 40.8 Å². The summed E-state index contributed by atoms with van der Waals surface area (Å²) >= 11 is 6.07. The Morgan fingerprint density at radius 3 is 2.50 bits per heavy atom. The van der Waals surface area contributed by atoms with Crippen LogP contribution in [0.3, 0.4) is 0 Å². The number of halogens is 1. The van der Waals surface area contributed by atoms with Crippen molar-refractivity contribution in [3.8, 4) is 0 Å². The van der Waals surface area contributed by atoms with Gasteiger partial charge in [0.25, 0.3) is 5.91 Å². The van der Waals surface area contributed by atoms with Gasteiger partial charge < -0.3 is 15.5 Å². The Balaban J connectivity index is 2.04. The van der Waals surface area contributed by atoms with E-state index in [0.29, 0.717) is 18.7 Å². The highest BCUT2D eigenvalue weighted by Crippen LogP contribution is 2.23. The van der Waals surface area contributed by atoms with Crippen LogP contribution < -0.4 is 10.6 Å². The highest BCUT2D eigenvalue weighted by molar-refractivity contribution is 6.34. The van der Waals surface area contributed by atoms with Crippen molar-refractivity contribution < 1.29 is 19.2 Å². The second-order valence-electron chi connectivity index (χ2n) is 6.37. The van der Waals surface area contributed by atoms with Crippen LogP contribution in [0.2, 0.25) is 5.02 Å². The van der Waals surface area contributed by atoms with Crippen LogP contribution >= 0.6 is 11.6 Å². The van der Waals surface area contributed by atoms with Gasteiger partial charge in [0, 0.05) is 19.0 Å². The van der Waals surface area contributed by atoms with Gasteiger partial charge in [0.05, 0.1) is 16.8 Å². The number of carbonyl (C=O) groups is 4. The van der Waals surface area contributed by atoms with Crippen LogP contribution in [0.5, 0.6) is 0 Å². The summed E-state index contributed by atoms with van der Waals surface area (Å²) in [6.45, 7) is 4.93. The number of Topliss-reactive ketones (excluding diaryl/α,β-unsaturated/α-hetero) is 1. The van der Waals surface area contributed by atoms with Gasteiger partial charge in [-0.15, -0.1) is 0 Å². The zero-order valence-electron chi connectivity index (χ0n) is 15.0. The van der Waals surface area contributed by atoms with E-state index in [1.807, 2.05) is 0 Å². The standard InChI is InChI=1S/C18H22ClN3O4/c1-10(18(26)22-8-4-5-16(22)11(2)23)20-17(25)13-6-7-15(14(19)9-13)21-12(3)24/h6-7,9-10,16H,4-5,8H2,1-3H3,(H,20,25)(H,21,24)/t10-,16-/m0/s1. The molecular weight excluding hydrogens is 358 g/mol. The van der Waals surface area contributed by atoms with Crippen molar-refractivity contribution in [2.75, 3.05) is 11.9 Å². The summed E-state index contributed by atoms with van der Waals surface area (Å²) in [4.78, 5) is 49.2. The van der Waals surface area contributed by atoms with Gasteiger partial charge in [-0.2, -0.15) is 0 Å². The first-order valence-corrected chi connectivity index (χ1v) is 8.77. The number of ketones is 1. The zero-order valence-corrected chi connectivity index (χ0v) is 15.7. The molecule has 0 spiro atoms. The smallest absolute Gasteiger partial charge is 0.251 e. The lowest BCUT2D eigenvalue weighted by atomic mass is 10.1. The number of anilines is 1. The normalized spacial score (nSPS) is 17.5. The number of hydrogen-bond donors (Lipinski definition) is 2. The second-order valence-corrected chi connectivity index (χ2v) is 6.78. The lowest BCUT2D eigenvalue weighted by molar-refractivity contribution is -0.138. The number of nitrogens with zero attached hydrogens (tertiary/aromatic N) is 1. The summed E-state index contributed by atoms with van der Waals surface area (Å²) in [6, 6.07) is 3.28. The molecule has 1 fully saturated rings. The van der Waals surface area contributed by atoms with Crippen molar-refractivity contribution in [3.05, 3.63) is 28.8 Å². The molecule has 0 aliphatic carbocycles. The largest absolute Gasteiger partial charge is 0.341 e. The number of rotatable bonds is 5. The minimum absolute atomic E-state index is 0.0466. The van der Waals surface area contributed by atoms with E-state index < -0.39 is 18.0 Å². The van der Waals surface area contributed by atoms with E-state index in [2.05, 4.69) is 10.6 Å². The SMILES string of the molecule is CC(=O)Nc1ccc(C(=O)N[C@@H](C)C(=O)N2CCC[C@H]2C(C)=O)cc1Cl. The van der Waals surface area contributed by atoms with Gasteiger partial charge in [0.15, 0.2) is 5.78 Å². The van der Waals surface area contributed by atoms with Crippen molar-refractivity contribution in [2.45, 2.75) is 45.7 Å². The molecule has 1 aromatic carbocycles. The summed E-state index contributed by atoms with van der Waals surface area (Å²) < 4.78 is 0. The molecule has 1 heterocycles. The van der Waals surface area contributed by atoms with E-state index in [1.165, 1.54) is 36.9 Å². The van der Waals surface area contributed by atoms with Gasteiger partial charge in [-0.25, -0.2) is 0 Å². The molecule has 2 atom stereocenters. The summed E-state index contributed by atoms with van der Waals surface area (Å²) in [5.41, 5.74) is 0.675. The number of likely N-dealkylation sites (tertiary alicyclic amines) is 1. The van der Waals surface area contributed by atoms with E-state index in [4.69, 9.17) is 11.6 Å². The van der Waals surface area contributed by atoms with Crippen LogP contribution in [-0.2, 0) is 14.4 Å². The Hall–Kier alpha value is -2.41. The first kappa shape index (κ1) is 19.9. The molecular formula is C18H22ClN3O4. The minimum Gasteiger partial charge on any atom is -0.341 e. The fourth-order valence-electron chi connectivity index (χ4n) is 2.99. The maximum atomic E-state index is 12.6. The molecule has 1 aromatic rings. The zero-order chi connectivity index (χ0) is 19.4. The van der Waals surface area contributed by atoms with E-state index >= 15 is 0 Å². The third kappa shape index (κ3) is 4.60. The average Bonchev–Trinajstić information content (AvgIpc) is 3.05. The van der Waals surface area contributed by atoms with Gasteiger partial charge in [-0.1, -0.05) is 11.6 Å². The van der Waals surface area contributed by atoms with Gasteiger partial charge >= 0.3 is 0 Å². The molecule has 26 heavy (non-hydrogen) atoms. The van der Waals surface area contributed by atoms with Crippen molar-refractivity contribution in [3.63, 3.8) is 0 Å². The third-order valence-electron chi connectivity index (χ3n) is 4.27. The van der Waals surface area contributed by atoms with Gasteiger partial charge in [-0.05, 0) is 44.9 Å². The third-order valence-corrected chi connectivity index (χ3v) is 4.58. The van der Waals surface area contributed by atoms with E-state index in [0.717, 1.165) is 6.42 Å². The summed E-state index contributed by atoms with van der Waals surface area (Å²) in [5.74, 6) is -1.05. The first-order chi connectivity index (χ1) is 12.2. The highest BCUT2D eigenvalue weighted by atomic mass is 35.5. The lowest BCUT2D eigenvalue weighted by Crippen LogP contribution is -2.50. The fraction of sp³-hybridized carbons (Fsp3) is 0.444. The van der Waals surface area contributed by atoms with E-state index in [1.54, 1.807) is 6.92 Å². The van der Waals surface area contributed by atoms with Crippen LogP contribution in [0.4, 0.5) is 5.69 Å². The second kappa shape index (κ2) is 8.31. The van der Waals surface area contributed by atoms with Crippen LogP contribution in [0.25, 0.3) is 0 Å². The molecule has 3 amide bonds. The molecule has 2 rings (SSSR count). The molecule has 0 unspecified atom stereocenters. The lowest BCUT2D eigenvalue weighted by Gasteiger charge is -2.26. The van der Waals surface area contributed by atoms with Crippen LogP contribution in [0.1, 0.15) is 44.0 Å². The Morgan fingerprint density at radius 2 is 1.92 bits per heavy atom. The van der Waals surface area contributed by atoms with Gasteiger partial charge in [0.1, 0.15) is 6.04 Å². The molecule has 8 heteroatoms. The highest BCUT2D eigenvalue weighted by Gasteiger charge is 2.34. The van der Waals surface area contributed by atoms with E-state index in [-0.39, 0.29) is 28.2 Å². The minimum atomic E-state index is -0.767. The molecule has 0 radical (unpaired) electrons. The Bertz CT molecular complexity index is 750. The van der Waals surface area contributed by atoms with Gasteiger partial charge in [0.2, 0.25) is 11.8 Å². The monoisotopic (exact) mass is 379 g/mol. The number of amides is 3. The molecule has 1 saturated heterocycles. The molecule has 0 bridgehead atoms. The van der Waals surface area contributed by atoms with Crippen molar-refractivity contribution in [2.24, 2.45) is 0 Å². The van der Waals surface area contributed by atoms with E-state index in [9.17, 15) is 19.2 Å². The molecule has 0 saturated carbocycles. The molecule has 140 valence electrons. The molecule has 1 aliphatic rings. The Morgan fingerprint density at radius 1 is 1.23 bits per heavy atom. The fourth-order valence-corrected chi connectivity index (χ4v) is 3.22. The quantitative estimate of drug-likeness (QED) is 0.817.